The SMILES string of the molecule is CCCO[C@](C)(CC)C(=O)Nc1ccc(OC(C)C)c(C(=O)OC)c1. The Morgan fingerprint density at radius 2 is 1.92 bits per heavy atom. The fourth-order valence-corrected chi connectivity index (χ4v) is 2.15. The van der Waals surface area contributed by atoms with Gasteiger partial charge in [-0.05, 0) is 51.8 Å². The van der Waals surface area contributed by atoms with Crippen LogP contribution < -0.4 is 10.1 Å². The van der Waals surface area contributed by atoms with E-state index in [1.54, 1.807) is 25.1 Å². The lowest BCUT2D eigenvalue weighted by atomic mass is 10.0. The smallest absolute Gasteiger partial charge is 0.341 e. The van der Waals surface area contributed by atoms with Gasteiger partial charge in [-0.25, -0.2) is 4.79 Å². The van der Waals surface area contributed by atoms with E-state index in [0.29, 0.717) is 24.5 Å². The van der Waals surface area contributed by atoms with Gasteiger partial charge in [-0.2, -0.15) is 0 Å². The van der Waals surface area contributed by atoms with Gasteiger partial charge in [0.2, 0.25) is 0 Å². The van der Waals surface area contributed by atoms with Gasteiger partial charge in [-0.3, -0.25) is 4.79 Å². The Morgan fingerprint density at radius 1 is 1.24 bits per heavy atom. The van der Waals surface area contributed by atoms with Crippen molar-refractivity contribution in [3.63, 3.8) is 0 Å². The van der Waals surface area contributed by atoms with Gasteiger partial charge in [-0.15, -0.1) is 0 Å². The summed E-state index contributed by atoms with van der Waals surface area (Å²) >= 11 is 0. The molecule has 0 bridgehead atoms. The molecule has 0 unspecified atom stereocenters. The lowest BCUT2D eigenvalue weighted by molar-refractivity contribution is -0.139. The van der Waals surface area contributed by atoms with Gasteiger partial charge in [0.1, 0.15) is 16.9 Å². The van der Waals surface area contributed by atoms with E-state index >= 15 is 0 Å². The normalized spacial score (nSPS) is 13.2. The van der Waals surface area contributed by atoms with Crippen molar-refractivity contribution in [2.24, 2.45) is 0 Å². The number of esters is 1. The maximum Gasteiger partial charge on any atom is 0.341 e. The zero-order valence-corrected chi connectivity index (χ0v) is 16.0. The third-order valence-corrected chi connectivity index (χ3v) is 3.79. The molecular weight excluding hydrogens is 322 g/mol. The zero-order chi connectivity index (χ0) is 19.0. The van der Waals surface area contributed by atoms with Crippen LogP contribution in [0.3, 0.4) is 0 Å². The van der Waals surface area contributed by atoms with E-state index in [4.69, 9.17) is 14.2 Å². The highest BCUT2D eigenvalue weighted by Crippen LogP contribution is 2.26. The van der Waals surface area contributed by atoms with Gasteiger partial charge in [0, 0.05) is 12.3 Å². The largest absolute Gasteiger partial charge is 0.490 e. The fraction of sp³-hybridized carbons (Fsp3) is 0.579. The molecule has 1 amide bonds. The van der Waals surface area contributed by atoms with Crippen molar-refractivity contribution in [3.8, 4) is 5.75 Å². The molecule has 1 aromatic rings. The zero-order valence-electron chi connectivity index (χ0n) is 16.0. The number of carbonyl (C=O) groups excluding carboxylic acids is 2. The van der Waals surface area contributed by atoms with E-state index in [1.165, 1.54) is 7.11 Å². The Hall–Kier alpha value is -2.08. The molecule has 6 nitrogen and oxygen atoms in total. The quantitative estimate of drug-likeness (QED) is 0.685. The number of amides is 1. The second-order valence-electron chi connectivity index (χ2n) is 6.26. The highest BCUT2D eigenvalue weighted by atomic mass is 16.5. The average molecular weight is 351 g/mol. The van der Waals surface area contributed by atoms with Crippen LogP contribution >= 0.6 is 0 Å². The Bertz CT molecular complexity index is 599. The van der Waals surface area contributed by atoms with Crippen molar-refractivity contribution in [1.82, 2.24) is 0 Å². The second kappa shape index (κ2) is 9.42. The first-order chi connectivity index (χ1) is 11.8. The summed E-state index contributed by atoms with van der Waals surface area (Å²) in [5.41, 5.74) is -0.169. The van der Waals surface area contributed by atoms with Crippen LogP contribution in [0.15, 0.2) is 18.2 Å². The Balaban J connectivity index is 3.05. The van der Waals surface area contributed by atoms with Crippen LogP contribution in [0.25, 0.3) is 0 Å². The van der Waals surface area contributed by atoms with E-state index in [1.807, 2.05) is 27.7 Å². The van der Waals surface area contributed by atoms with Gasteiger partial charge in [0.15, 0.2) is 0 Å². The summed E-state index contributed by atoms with van der Waals surface area (Å²) in [6.07, 6.45) is 1.28. The molecule has 0 fully saturated rings. The van der Waals surface area contributed by atoms with E-state index in [-0.39, 0.29) is 17.6 Å². The number of nitrogens with one attached hydrogen (secondary N) is 1. The molecule has 0 aliphatic carbocycles. The predicted molar refractivity (Wildman–Crippen MR) is 97.1 cm³/mol. The van der Waals surface area contributed by atoms with Gasteiger partial charge in [-0.1, -0.05) is 13.8 Å². The first kappa shape index (κ1) is 21.0. The lowest BCUT2D eigenvalue weighted by Gasteiger charge is -2.27. The molecule has 0 aliphatic rings. The number of anilines is 1. The van der Waals surface area contributed by atoms with Crippen molar-refractivity contribution in [3.05, 3.63) is 23.8 Å². The molecule has 0 aliphatic heterocycles. The van der Waals surface area contributed by atoms with Crippen molar-refractivity contribution >= 4 is 17.6 Å². The third-order valence-electron chi connectivity index (χ3n) is 3.79. The molecule has 6 heteroatoms. The maximum absolute atomic E-state index is 12.6. The summed E-state index contributed by atoms with van der Waals surface area (Å²) in [5.74, 6) is -0.357. The Labute approximate surface area is 149 Å². The van der Waals surface area contributed by atoms with Crippen LogP contribution in [0.1, 0.15) is 57.8 Å². The molecule has 0 heterocycles. The molecule has 1 N–H and O–H groups in total. The minimum Gasteiger partial charge on any atom is -0.490 e. The van der Waals surface area contributed by atoms with Crippen LogP contribution in [-0.2, 0) is 14.3 Å². The first-order valence-electron chi connectivity index (χ1n) is 8.61. The Kier molecular flexibility index (Phi) is 7.90. The molecule has 140 valence electrons. The number of hydrogen-bond donors (Lipinski definition) is 1. The minimum absolute atomic E-state index is 0.0883. The van der Waals surface area contributed by atoms with Gasteiger partial charge in [0.05, 0.1) is 13.2 Å². The molecule has 1 atom stereocenters. The van der Waals surface area contributed by atoms with Crippen LogP contribution in [0.4, 0.5) is 5.69 Å². The average Bonchev–Trinajstić information content (AvgIpc) is 2.59. The standard InChI is InChI=1S/C19H29NO5/c1-7-11-24-19(5,8-2)18(22)20-14-9-10-16(25-13(3)4)15(12-14)17(21)23-6/h9-10,12-13H,7-8,11H2,1-6H3,(H,20,22)/t19-/m1/s1. The third kappa shape index (κ3) is 5.74. The summed E-state index contributed by atoms with van der Waals surface area (Å²) in [6.45, 7) is 9.89. The molecule has 1 rings (SSSR count). The lowest BCUT2D eigenvalue weighted by Crippen LogP contribution is -2.42. The van der Waals surface area contributed by atoms with Crippen molar-refractivity contribution in [2.45, 2.75) is 59.2 Å². The molecule has 0 radical (unpaired) electrons. The summed E-state index contributed by atoms with van der Waals surface area (Å²) in [5, 5.41) is 2.81. The second-order valence-corrected chi connectivity index (χ2v) is 6.26. The number of methoxy groups -OCH3 is 1. The topological polar surface area (TPSA) is 73.9 Å². The van der Waals surface area contributed by atoms with E-state index < -0.39 is 11.6 Å². The number of hydrogen-bond acceptors (Lipinski definition) is 5. The summed E-state index contributed by atoms with van der Waals surface area (Å²) in [4.78, 5) is 24.6. The summed E-state index contributed by atoms with van der Waals surface area (Å²) in [6, 6.07) is 4.90. The monoisotopic (exact) mass is 351 g/mol. The predicted octanol–water partition coefficient (Wildman–Crippen LogP) is 3.79. The molecule has 0 aromatic heterocycles. The van der Waals surface area contributed by atoms with E-state index in [9.17, 15) is 9.59 Å². The first-order valence-corrected chi connectivity index (χ1v) is 8.61. The van der Waals surface area contributed by atoms with Crippen molar-refractivity contribution in [2.75, 3.05) is 19.0 Å². The molecule has 0 saturated carbocycles. The summed E-state index contributed by atoms with van der Waals surface area (Å²) < 4.78 is 16.1. The van der Waals surface area contributed by atoms with Crippen molar-refractivity contribution < 1.29 is 23.8 Å². The van der Waals surface area contributed by atoms with Crippen LogP contribution in [-0.4, -0.2) is 37.3 Å². The fourth-order valence-electron chi connectivity index (χ4n) is 2.15. The number of benzene rings is 1. The van der Waals surface area contributed by atoms with Gasteiger partial charge in [0.25, 0.3) is 5.91 Å². The highest BCUT2D eigenvalue weighted by Gasteiger charge is 2.32. The molecule has 0 spiro atoms. The van der Waals surface area contributed by atoms with Crippen molar-refractivity contribution in [1.29, 1.82) is 0 Å². The summed E-state index contributed by atoms with van der Waals surface area (Å²) in [7, 11) is 1.31. The Morgan fingerprint density at radius 3 is 2.44 bits per heavy atom. The molecular formula is C19H29NO5. The van der Waals surface area contributed by atoms with E-state index in [0.717, 1.165) is 6.42 Å². The van der Waals surface area contributed by atoms with Gasteiger partial charge < -0.3 is 19.5 Å². The minimum atomic E-state index is -0.922. The highest BCUT2D eigenvalue weighted by molar-refractivity contribution is 5.99. The molecule has 0 saturated heterocycles. The molecule has 25 heavy (non-hydrogen) atoms. The number of carbonyl (C=O) groups is 2. The maximum atomic E-state index is 12.6. The van der Waals surface area contributed by atoms with E-state index in [2.05, 4.69) is 5.32 Å². The van der Waals surface area contributed by atoms with Crippen LogP contribution in [0, 0.1) is 0 Å². The number of rotatable bonds is 9. The number of ether oxygens (including phenoxy) is 3. The van der Waals surface area contributed by atoms with Gasteiger partial charge >= 0.3 is 5.97 Å². The van der Waals surface area contributed by atoms with Crippen LogP contribution in [0.5, 0.6) is 5.75 Å². The molecule has 1 aromatic carbocycles. The van der Waals surface area contributed by atoms with Crippen LogP contribution in [0.2, 0.25) is 0 Å².